The third kappa shape index (κ3) is 6.33. The highest BCUT2D eigenvalue weighted by molar-refractivity contribution is 7.89. The molecule has 0 aliphatic carbocycles. The van der Waals surface area contributed by atoms with E-state index in [1.807, 2.05) is 0 Å². The summed E-state index contributed by atoms with van der Waals surface area (Å²) in [5.74, 6) is -0.128. The van der Waals surface area contributed by atoms with Gasteiger partial charge in [0.15, 0.2) is 0 Å². The van der Waals surface area contributed by atoms with Crippen LogP contribution in [0.25, 0.3) is 0 Å². The number of nitrogens with two attached hydrogens (primary N) is 1. The molecule has 0 saturated heterocycles. The SMILES string of the molecule is [2H]c1c([2H])c([2H])c(C[C@H](N)[C@H](O)CN(CC(C)C)S(=O)(=O)c2ccc([N+](=O)[O-])cc2)c([2H])c1[2H]. The van der Waals surface area contributed by atoms with E-state index < -0.39 is 63.8 Å². The van der Waals surface area contributed by atoms with E-state index in [2.05, 4.69) is 0 Å². The van der Waals surface area contributed by atoms with Gasteiger partial charge in [-0.15, -0.1) is 0 Å². The lowest BCUT2D eigenvalue weighted by Crippen LogP contribution is -2.47. The fourth-order valence-electron chi connectivity index (χ4n) is 2.66. The first kappa shape index (κ1) is 16.5. The molecule has 8 nitrogen and oxygen atoms in total. The van der Waals surface area contributed by atoms with Crippen LogP contribution in [0.3, 0.4) is 0 Å². The molecule has 2 aromatic rings. The minimum atomic E-state index is -4.14. The lowest BCUT2D eigenvalue weighted by molar-refractivity contribution is -0.384. The van der Waals surface area contributed by atoms with Gasteiger partial charge in [-0.1, -0.05) is 44.1 Å². The molecule has 0 aromatic heterocycles. The van der Waals surface area contributed by atoms with Gasteiger partial charge in [0.25, 0.3) is 5.69 Å². The molecule has 0 radical (unpaired) electrons. The molecule has 0 spiro atoms. The van der Waals surface area contributed by atoms with Crippen molar-refractivity contribution in [3.63, 3.8) is 0 Å². The van der Waals surface area contributed by atoms with Crippen LogP contribution in [0.1, 0.15) is 26.3 Å². The molecule has 2 rings (SSSR count). The van der Waals surface area contributed by atoms with Crippen molar-refractivity contribution in [3.05, 3.63) is 70.2 Å². The number of aliphatic hydroxyl groups excluding tert-OH is 1. The fourth-order valence-corrected chi connectivity index (χ4v) is 4.28. The Morgan fingerprint density at radius 1 is 1.17 bits per heavy atom. The topological polar surface area (TPSA) is 127 Å². The summed E-state index contributed by atoms with van der Waals surface area (Å²) in [6.45, 7) is 3.16. The number of rotatable bonds is 10. The average Bonchev–Trinajstić information content (AvgIpc) is 2.78. The smallest absolute Gasteiger partial charge is 0.269 e. The van der Waals surface area contributed by atoms with E-state index in [-0.39, 0.29) is 35.0 Å². The largest absolute Gasteiger partial charge is 0.390 e. The van der Waals surface area contributed by atoms with Crippen molar-refractivity contribution in [1.29, 1.82) is 0 Å². The summed E-state index contributed by atoms with van der Waals surface area (Å²) >= 11 is 0. The summed E-state index contributed by atoms with van der Waals surface area (Å²) in [5, 5.41) is 21.5. The maximum atomic E-state index is 13.2. The maximum Gasteiger partial charge on any atom is 0.269 e. The van der Waals surface area contributed by atoms with Gasteiger partial charge < -0.3 is 10.8 Å². The van der Waals surface area contributed by atoms with Gasteiger partial charge >= 0.3 is 0 Å². The van der Waals surface area contributed by atoms with Crippen LogP contribution in [0.15, 0.2) is 59.4 Å². The highest BCUT2D eigenvalue weighted by Gasteiger charge is 2.29. The molecule has 0 amide bonds. The summed E-state index contributed by atoms with van der Waals surface area (Å²) < 4.78 is 66.5. The summed E-state index contributed by atoms with van der Waals surface area (Å²) in [5.41, 5.74) is 5.71. The summed E-state index contributed by atoms with van der Waals surface area (Å²) in [4.78, 5) is 10.0. The van der Waals surface area contributed by atoms with Crippen LogP contribution in [0.5, 0.6) is 0 Å². The van der Waals surface area contributed by atoms with Gasteiger partial charge in [0.1, 0.15) is 0 Å². The predicted molar refractivity (Wildman–Crippen MR) is 111 cm³/mol. The van der Waals surface area contributed by atoms with Crippen molar-refractivity contribution in [2.75, 3.05) is 13.1 Å². The Morgan fingerprint density at radius 3 is 2.28 bits per heavy atom. The zero-order chi connectivity index (χ0) is 26.0. The van der Waals surface area contributed by atoms with Crippen LogP contribution in [0.4, 0.5) is 5.69 Å². The second-order valence-electron chi connectivity index (χ2n) is 7.01. The number of sulfonamides is 1. The molecule has 0 aliphatic heterocycles. The summed E-state index contributed by atoms with van der Waals surface area (Å²) in [7, 11) is -4.14. The normalized spacial score (nSPS) is 16.6. The minimum Gasteiger partial charge on any atom is -0.390 e. The molecule has 29 heavy (non-hydrogen) atoms. The molecule has 0 aliphatic rings. The fraction of sp³-hybridized carbons (Fsp3) is 0.400. The van der Waals surface area contributed by atoms with Crippen LogP contribution >= 0.6 is 0 Å². The van der Waals surface area contributed by atoms with Gasteiger partial charge in [-0.2, -0.15) is 4.31 Å². The molecule has 0 bridgehead atoms. The Hall–Kier alpha value is -2.33. The van der Waals surface area contributed by atoms with Gasteiger partial charge in [0, 0.05) is 31.3 Å². The van der Waals surface area contributed by atoms with Crippen LogP contribution in [-0.4, -0.2) is 48.0 Å². The number of nitro groups is 1. The molecule has 3 N–H and O–H groups in total. The number of aliphatic hydroxyl groups is 1. The molecule has 0 fully saturated rings. The van der Waals surface area contributed by atoms with E-state index in [9.17, 15) is 23.6 Å². The predicted octanol–water partition coefficient (Wildman–Crippen LogP) is 2.17. The lowest BCUT2D eigenvalue weighted by Gasteiger charge is -2.28. The van der Waals surface area contributed by atoms with E-state index in [0.717, 1.165) is 28.6 Å². The van der Waals surface area contributed by atoms with Crippen LogP contribution in [0, 0.1) is 16.0 Å². The molecule has 0 heterocycles. The van der Waals surface area contributed by atoms with E-state index >= 15 is 0 Å². The number of hydrogen-bond donors (Lipinski definition) is 2. The van der Waals surface area contributed by atoms with Crippen molar-refractivity contribution in [2.45, 2.75) is 37.3 Å². The number of hydrogen-bond acceptors (Lipinski definition) is 6. The molecule has 158 valence electrons. The molecular formula is C20H27N3O5S. The van der Waals surface area contributed by atoms with E-state index in [0.29, 0.717) is 0 Å². The first-order valence-corrected chi connectivity index (χ1v) is 10.4. The van der Waals surface area contributed by atoms with Crippen LogP contribution in [-0.2, 0) is 16.4 Å². The molecule has 0 saturated carbocycles. The molecule has 2 aromatic carbocycles. The van der Waals surface area contributed by atoms with Gasteiger partial charge in [0.05, 0.1) is 22.8 Å². The zero-order valence-corrected chi connectivity index (χ0v) is 16.9. The van der Waals surface area contributed by atoms with Gasteiger partial charge in [0.2, 0.25) is 10.0 Å². The summed E-state index contributed by atoms with van der Waals surface area (Å²) in [6, 6.07) is 0.745. The van der Waals surface area contributed by atoms with Gasteiger partial charge in [-0.05, 0) is 30.0 Å². The Balaban J connectivity index is 2.30. The van der Waals surface area contributed by atoms with E-state index in [1.54, 1.807) is 13.8 Å². The Labute approximate surface area is 178 Å². The molecule has 0 unspecified atom stereocenters. The van der Waals surface area contributed by atoms with Crippen molar-refractivity contribution in [1.82, 2.24) is 4.31 Å². The minimum absolute atomic E-state index is 0.0256. The van der Waals surface area contributed by atoms with Crippen molar-refractivity contribution in [2.24, 2.45) is 11.7 Å². The third-order valence-corrected chi connectivity index (χ3v) is 5.98. The second kappa shape index (κ2) is 9.93. The summed E-state index contributed by atoms with van der Waals surface area (Å²) in [6.07, 6.45) is -1.70. The van der Waals surface area contributed by atoms with Crippen LogP contribution < -0.4 is 5.73 Å². The highest BCUT2D eigenvalue weighted by Crippen LogP contribution is 2.21. The number of benzene rings is 2. The van der Waals surface area contributed by atoms with Crippen molar-refractivity contribution in [3.8, 4) is 0 Å². The Bertz CT molecular complexity index is 1130. The maximum absolute atomic E-state index is 13.2. The number of non-ortho nitro benzene ring substituents is 1. The van der Waals surface area contributed by atoms with E-state index in [1.165, 1.54) is 0 Å². The lowest BCUT2D eigenvalue weighted by atomic mass is 10.0. The Morgan fingerprint density at radius 2 is 1.76 bits per heavy atom. The third-order valence-electron chi connectivity index (χ3n) is 4.13. The number of nitro benzene ring substituents is 1. The molecular weight excluding hydrogens is 394 g/mol. The van der Waals surface area contributed by atoms with Gasteiger partial charge in [-0.3, -0.25) is 10.1 Å². The van der Waals surface area contributed by atoms with E-state index in [4.69, 9.17) is 12.6 Å². The highest BCUT2D eigenvalue weighted by atomic mass is 32.2. The first-order valence-electron chi connectivity index (χ1n) is 11.4. The first-order chi connectivity index (χ1) is 15.7. The Kier molecular flexibility index (Phi) is 5.64. The average molecular weight is 427 g/mol. The van der Waals surface area contributed by atoms with Crippen LogP contribution in [0.2, 0.25) is 0 Å². The number of nitrogens with zero attached hydrogens (tertiary/aromatic N) is 2. The standard InChI is InChI=1S/C20H27N3O5S/c1-15(2)13-22(14-20(24)19(21)12-16-6-4-3-5-7-16)29(27,28)18-10-8-17(9-11-18)23(25)26/h3-11,15,19-20,24H,12-14,21H2,1-2H3/t19-,20+/m0/s1/i3D,4D,5D,6D,7D. The molecule has 2 atom stereocenters. The van der Waals surface area contributed by atoms with Crippen molar-refractivity contribution >= 4 is 15.7 Å². The quantitative estimate of drug-likeness (QED) is 0.443. The molecule has 9 heteroatoms. The van der Waals surface area contributed by atoms with Gasteiger partial charge in [-0.25, -0.2) is 8.42 Å². The monoisotopic (exact) mass is 426 g/mol. The zero-order valence-electron chi connectivity index (χ0n) is 21.1. The second-order valence-corrected chi connectivity index (χ2v) is 8.94. The van der Waals surface area contributed by atoms with Crippen molar-refractivity contribution < 1.29 is 25.3 Å².